The molecule has 0 saturated carbocycles. The highest BCUT2D eigenvalue weighted by atomic mass is 16.3. The Balaban J connectivity index is 2.52. The first-order chi connectivity index (χ1) is 9.13. The third kappa shape index (κ3) is 2.74. The van der Waals surface area contributed by atoms with Crippen LogP contribution < -0.4 is 5.32 Å². The van der Waals surface area contributed by atoms with Crippen LogP contribution in [0.25, 0.3) is 11.1 Å². The molecule has 0 saturated heterocycles. The van der Waals surface area contributed by atoms with Gasteiger partial charge >= 0.3 is 0 Å². The van der Waals surface area contributed by atoms with Crippen LogP contribution in [0.5, 0.6) is 11.5 Å². The predicted octanol–water partition coefficient (Wildman–Crippen LogP) is 2.17. The molecular weight excluding hydrogens is 242 g/mol. The van der Waals surface area contributed by atoms with E-state index in [4.69, 9.17) is 0 Å². The van der Waals surface area contributed by atoms with Crippen molar-refractivity contribution in [2.75, 3.05) is 13.6 Å². The average Bonchev–Trinajstić information content (AvgIpc) is 2.43. The summed E-state index contributed by atoms with van der Waals surface area (Å²) < 4.78 is 0. The first-order valence-corrected chi connectivity index (χ1v) is 5.92. The number of benzene rings is 2. The highest BCUT2D eigenvalue weighted by Gasteiger charge is 2.14. The summed E-state index contributed by atoms with van der Waals surface area (Å²) in [5.74, 6) is -0.650. The summed E-state index contributed by atoms with van der Waals surface area (Å²) in [6.45, 7) is 0.179. The molecule has 98 valence electrons. The first-order valence-electron chi connectivity index (χ1n) is 5.92. The Hall–Kier alpha value is -2.33. The molecule has 0 aliphatic heterocycles. The summed E-state index contributed by atoms with van der Waals surface area (Å²) in [5, 5.41) is 22.4. The molecule has 0 aliphatic rings. The number of hydrogen-bond acceptors (Lipinski definition) is 4. The van der Waals surface area contributed by atoms with E-state index in [1.165, 1.54) is 6.07 Å². The normalized spacial score (nSPS) is 10.4. The van der Waals surface area contributed by atoms with Crippen LogP contribution >= 0.6 is 0 Å². The number of phenols is 2. The fourth-order valence-electron chi connectivity index (χ4n) is 1.88. The van der Waals surface area contributed by atoms with Gasteiger partial charge in [-0.1, -0.05) is 30.3 Å². The molecule has 2 aromatic carbocycles. The standard InChI is InChI=1S/C15H15NO3/c1-16-9-14(18)11-7-12(15(19)13(17)8-11)10-5-3-2-4-6-10/h2-8,16-17,19H,9H2,1H3. The molecular formula is C15H15NO3. The lowest BCUT2D eigenvalue weighted by atomic mass is 9.99. The van der Waals surface area contributed by atoms with Crippen LogP contribution in [0.3, 0.4) is 0 Å². The Morgan fingerprint density at radius 3 is 2.47 bits per heavy atom. The van der Waals surface area contributed by atoms with Gasteiger partial charge in [-0.3, -0.25) is 4.79 Å². The monoisotopic (exact) mass is 257 g/mol. The largest absolute Gasteiger partial charge is 0.504 e. The molecule has 3 N–H and O–H groups in total. The zero-order valence-electron chi connectivity index (χ0n) is 10.6. The number of carbonyl (C=O) groups is 1. The lowest BCUT2D eigenvalue weighted by Crippen LogP contribution is -2.18. The Kier molecular flexibility index (Phi) is 3.82. The molecule has 0 bridgehead atoms. The van der Waals surface area contributed by atoms with Crippen LogP contribution in [0.2, 0.25) is 0 Å². The molecule has 2 rings (SSSR count). The van der Waals surface area contributed by atoms with Gasteiger partial charge in [-0.15, -0.1) is 0 Å². The summed E-state index contributed by atoms with van der Waals surface area (Å²) in [6, 6.07) is 12.0. The van der Waals surface area contributed by atoms with E-state index in [2.05, 4.69) is 5.32 Å². The minimum Gasteiger partial charge on any atom is -0.504 e. The molecule has 4 nitrogen and oxygen atoms in total. The second-order valence-electron chi connectivity index (χ2n) is 4.21. The van der Waals surface area contributed by atoms with Gasteiger partial charge in [-0.25, -0.2) is 0 Å². The van der Waals surface area contributed by atoms with Crippen LogP contribution in [-0.4, -0.2) is 29.6 Å². The molecule has 0 fully saturated rings. The molecule has 19 heavy (non-hydrogen) atoms. The number of carbonyl (C=O) groups excluding carboxylic acids is 1. The quantitative estimate of drug-likeness (QED) is 0.580. The van der Waals surface area contributed by atoms with Crippen LogP contribution in [0.4, 0.5) is 0 Å². The van der Waals surface area contributed by atoms with E-state index >= 15 is 0 Å². The molecule has 0 unspecified atom stereocenters. The van der Waals surface area contributed by atoms with Gasteiger partial charge in [-0.05, 0) is 24.7 Å². The second kappa shape index (κ2) is 5.54. The first kappa shape index (κ1) is 13.1. The molecule has 2 aromatic rings. The van der Waals surface area contributed by atoms with E-state index in [9.17, 15) is 15.0 Å². The minimum atomic E-state index is -0.291. The maximum atomic E-state index is 11.8. The van der Waals surface area contributed by atoms with Crippen molar-refractivity contribution < 1.29 is 15.0 Å². The Bertz CT molecular complexity index is 594. The number of rotatable bonds is 4. The molecule has 0 aliphatic carbocycles. The van der Waals surface area contributed by atoms with Gasteiger partial charge < -0.3 is 15.5 Å². The highest BCUT2D eigenvalue weighted by molar-refractivity contribution is 5.99. The van der Waals surface area contributed by atoms with Crippen LogP contribution in [0.1, 0.15) is 10.4 Å². The van der Waals surface area contributed by atoms with Gasteiger partial charge in [0.25, 0.3) is 0 Å². The van der Waals surface area contributed by atoms with E-state index in [0.29, 0.717) is 11.1 Å². The van der Waals surface area contributed by atoms with E-state index < -0.39 is 0 Å². The zero-order chi connectivity index (χ0) is 13.8. The van der Waals surface area contributed by atoms with Gasteiger partial charge in [0.2, 0.25) is 0 Å². The number of hydrogen-bond donors (Lipinski definition) is 3. The van der Waals surface area contributed by atoms with Gasteiger partial charge in [0, 0.05) is 11.1 Å². The number of ketones is 1. The summed E-state index contributed by atoms with van der Waals surface area (Å²) >= 11 is 0. The third-order valence-electron chi connectivity index (χ3n) is 2.83. The topological polar surface area (TPSA) is 69.6 Å². The van der Waals surface area contributed by atoms with Crippen molar-refractivity contribution in [1.82, 2.24) is 5.32 Å². The third-order valence-corrected chi connectivity index (χ3v) is 2.83. The molecule has 0 aromatic heterocycles. The Morgan fingerprint density at radius 2 is 1.84 bits per heavy atom. The maximum Gasteiger partial charge on any atom is 0.176 e. The Labute approximate surface area is 111 Å². The number of likely N-dealkylation sites (N-methyl/N-ethyl adjacent to an activating group) is 1. The van der Waals surface area contributed by atoms with E-state index in [0.717, 1.165) is 5.56 Å². The van der Waals surface area contributed by atoms with E-state index in [-0.39, 0.29) is 23.8 Å². The van der Waals surface area contributed by atoms with Gasteiger partial charge in [0.1, 0.15) is 0 Å². The lowest BCUT2D eigenvalue weighted by molar-refractivity contribution is 0.0993. The SMILES string of the molecule is CNCC(=O)c1cc(O)c(O)c(-c2ccccc2)c1. The number of nitrogens with one attached hydrogen (secondary N) is 1. The van der Waals surface area contributed by atoms with Crippen molar-refractivity contribution in [2.45, 2.75) is 0 Å². The summed E-state index contributed by atoms with van der Waals surface area (Å²) in [5.41, 5.74) is 1.55. The van der Waals surface area contributed by atoms with Crippen molar-refractivity contribution in [3.05, 3.63) is 48.0 Å². The fourth-order valence-corrected chi connectivity index (χ4v) is 1.88. The van der Waals surface area contributed by atoms with Crippen LogP contribution in [-0.2, 0) is 0 Å². The van der Waals surface area contributed by atoms with Gasteiger partial charge in [-0.2, -0.15) is 0 Å². The highest BCUT2D eigenvalue weighted by Crippen LogP contribution is 2.37. The number of aromatic hydroxyl groups is 2. The molecule has 4 heteroatoms. The van der Waals surface area contributed by atoms with Gasteiger partial charge in [0.05, 0.1) is 6.54 Å². The molecule has 0 amide bonds. The van der Waals surface area contributed by atoms with Crippen LogP contribution in [0, 0.1) is 0 Å². The Morgan fingerprint density at radius 1 is 1.16 bits per heavy atom. The smallest absolute Gasteiger partial charge is 0.176 e. The van der Waals surface area contributed by atoms with Crippen molar-refractivity contribution >= 4 is 5.78 Å². The predicted molar refractivity (Wildman–Crippen MR) is 73.5 cm³/mol. The van der Waals surface area contributed by atoms with Crippen molar-refractivity contribution in [2.24, 2.45) is 0 Å². The van der Waals surface area contributed by atoms with Crippen molar-refractivity contribution in [3.8, 4) is 22.6 Å². The maximum absolute atomic E-state index is 11.8. The summed E-state index contributed by atoms with van der Waals surface area (Å²) in [6.07, 6.45) is 0. The van der Waals surface area contributed by atoms with Crippen molar-refractivity contribution in [3.63, 3.8) is 0 Å². The summed E-state index contributed by atoms with van der Waals surface area (Å²) in [4.78, 5) is 11.8. The van der Waals surface area contributed by atoms with E-state index in [1.54, 1.807) is 25.2 Å². The van der Waals surface area contributed by atoms with Crippen LogP contribution in [0.15, 0.2) is 42.5 Å². The molecule has 0 atom stereocenters. The lowest BCUT2D eigenvalue weighted by Gasteiger charge is -2.09. The van der Waals surface area contributed by atoms with Crippen molar-refractivity contribution in [1.29, 1.82) is 0 Å². The molecule has 0 radical (unpaired) electrons. The summed E-state index contributed by atoms with van der Waals surface area (Å²) in [7, 11) is 1.68. The molecule has 0 spiro atoms. The number of Topliss-reactive ketones (excluding diaryl/α,β-unsaturated/α-hetero) is 1. The minimum absolute atomic E-state index is 0.144. The molecule has 0 heterocycles. The van der Waals surface area contributed by atoms with Gasteiger partial charge in [0.15, 0.2) is 17.3 Å². The fraction of sp³-hybridized carbons (Fsp3) is 0.133. The zero-order valence-corrected chi connectivity index (χ0v) is 10.6. The second-order valence-corrected chi connectivity index (χ2v) is 4.21. The average molecular weight is 257 g/mol. The van der Waals surface area contributed by atoms with E-state index in [1.807, 2.05) is 18.2 Å². The number of phenolic OH excluding ortho intramolecular Hbond substituents is 2.